The van der Waals surface area contributed by atoms with Gasteiger partial charge in [-0.2, -0.15) is 0 Å². The molecule has 0 spiro atoms. The van der Waals surface area contributed by atoms with E-state index in [1.165, 1.54) is 0 Å². The molecule has 0 heterocycles. The van der Waals surface area contributed by atoms with E-state index in [0.29, 0.717) is 35.9 Å². The van der Waals surface area contributed by atoms with Crippen molar-refractivity contribution in [2.45, 2.75) is 49.3 Å². The van der Waals surface area contributed by atoms with Crippen LogP contribution in [0.15, 0.2) is 113 Å². The third kappa shape index (κ3) is 8.38. The van der Waals surface area contributed by atoms with Crippen molar-refractivity contribution in [3.05, 3.63) is 103 Å². The van der Waals surface area contributed by atoms with E-state index in [1.54, 1.807) is 28.8 Å². The van der Waals surface area contributed by atoms with E-state index >= 15 is 0 Å². The smallest absolute Gasteiger partial charge is 0.326 e. The molecule has 0 bridgehead atoms. The number of esters is 1. The van der Waals surface area contributed by atoms with Crippen LogP contribution < -0.4 is 19.7 Å². The molecule has 4 rings (SSSR count). The number of rotatable bonds is 12. The number of benzene rings is 4. The zero-order chi connectivity index (χ0) is 28.2. The van der Waals surface area contributed by atoms with Gasteiger partial charge >= 0.3 is 12.0 Å². The summed E-state index contributed by atoms with van der Waals surface area (Å²) in [6.07, 6.45) is 2.98. The molecular formula is C33H34N2O4S. The van der Waals surface area contributed by atoms with Gasteiger partial charge in [0.15, 0.2) is 5.75 Å². The van der Waals surface area contributed by atoms with Crippen molar-refractivity contribution in [3.8, 4) is 17.2 Å². The molecule has 0 aromatic heterocycles. The lowest BCUT2D eigenvalue weighted by Gasteiger charge is -2.24. The summed E-state index contributed by atoms with van der Waals surface area (Å²) in [4.78, 5) is 29.1. The van der Waals surface area contributed by atoms with Crippen LogP contribution in [0, 0.1) is 0 Å². The second-order valence-corrected chi connectivity index (χ2v) is 10.3. The highest BCUT2D eigenvalue weighted by Gasteiger charge is 2.18. The first-order valence-electron chi connectivity index (χ1n) is 13.5. The van der Waals surface area contributed by atoms with E-state index in [-0.39, 0.29) is 12.0 Å². The molecule has 2 amide bonds. The topological polar surface area (TPSA) is 67.9 Å². The average molecular weight is 555 g/mol. The van der Waals surface area contributed by atoms with Gasteiger partial charge < -0.3 is 14.8 Å². The van der Waals surface area contributed by atoms with E-state index in [2.05, 4.69) is 12.2 Å². The highest BCUT2D eigenvalue weighted by Crippen LogP contribution is 2.33. The molecule has 0 unspecified atom stereocenters. The Bertz CT molecular complexity index is 1390. The van der Waals surface area contributed by atoms with Crippen LogP contribution in [0.25, 0.3) is 0 Å². The maximum absolute atomic E-state index is 13.6. The van der Waals surface area contributed by atoms with Gasteiger partial charge in [-0.05, 0) is 79.6 Å². The minimum absolute atomic E-state index is 0.224. The number of carbonyl (C=O) groups is 2. The van der Waals surface area contributed by atoms with Gasteiger partial charge in [0.1, 0.15) is 11.5 Å². The van der Waals surface area contributed by atoms with Crippen molar-refractivity contribution in [2.75, 3.05) is 16.8 Å². The Morgan fingerprint density at radius 2 is 1.52 bits per heavy atom. The van der Waals surface area contributed by atoms with Crippen LogP contribution >= 0.6 is 11.8 Å². The highest BCUT2D eigenvalue weighted by molar-refractivity contribution is 7.99. The maximum Gasteiger partial charge on any atom is 0.326 e. The standard InChI is InChI=1S/C33H34N2O4S/c1-3-5-23-35(33(37)34-30-17-9-10-18-31(30)38-26-14-7-6-8-15-26)25-13-11-16-29(24-25)40-28-21-19-27(20-22-28)39-32(36)12-4-2/h6-11,13-22,24H,3-5,12,23H2,1-2H3,(H,34,37). The highest BCUT2D eigenvalue weighted by atomic mass is 32.2. The predicted octanol–water partition coefficient (Wildman–Crippen LogP) is 9.17. The Kier molecular flexibility index (Phi) is 10.6. The lowest BCUT2D eigenvalue weighted by atomic mass is 10.2. The zero-order valence-electron chi connectivity index (χ0n) is 22.8. The van der Waals surface area contributed by atoms with Crippen LogP contribution in [0.4, 0.5) is 16.2 Å². The number of para-hydroxylation sites is 3. The van der Waals surface area contributed by atoms with Gasteiger partial charge in [-0.15, -0.1) is 0 Å². The maximum atomic E-state index is 13.6. The molecule has 0 radical (unpaired) electrons. The molecule has 1 N–H and O–H groups in total. The zero-order valence-corrected chi connectivity index (χ0v) is 23.7. The van der Waals surface area contributed by atoms with Crippen molar-refractivity contribution in [3.63, 3.8) is 0 Å². The molecule has 6 nitrogen and oxygen atoms in total. The van der Waals surface area contributed by atoms with E-state index in [9.17, 15) is 9.59 Å². The fraction of sp³-hybridized carbons (Fsp3) is 0.212. The summed E-state index contributed by atoms with van der Waals surface area (Å²) < 4.78 is 11.4. The molecule has 206 valence electrons. The Morgan fingerprint density at radius 3 is 2.27 bits per heavy atom. The first-order valence-corrected chi connectivity index (χ1v) is 14.4. The number of nitrogens with one attached hydrogen (secondary N) is 1. The minimum atomic E-state index is -0.227. The summed E-state index contributed by atoms with van der Waals surface area (Å²) in [7, 11) is 0. The Hall–Kier alpha value is -4.23. The lowest BCUT2D eigenvalue weighted by Crippen LogP contribution is -2.35. The van der Waals surface area contributed by atoms with Gasteiger partial charge in [-0.25, -0.2) is 4.79 Å². The Balaban J connectivity index is 1.48. The fourth-order valence-corrected chi connectivity index (χ4v) is 4.81. The Morgan fingerprint density at radius 1 is 0.775 bits per heavy atom. The van der Waals surface area contributed by atoms with Crippen LogP contribution in [-0.4, -0.2) is 18.5 Å². The molecule has 0 saturated heterocycles. The quantitative estimate of drug-likeness (QED) is 0.140. The molecule has 40 heavy (non-hydrogen) atoms. The van der Waals surface area contributed by atoms with Gasteiger partial charge in [0.2, 0.25) is 0 Å². The predicted molar refractivity (Wildman–Crippen MR) is 162 cm³/mol. The fourth-order valence-electron chi connectivity index (χ4n) is 3.93. The SMILES string of the molecule is CCCCN(C(=O)Nc1ccccc1Oc1ccccc1)c1cccc(Sc2ccc(OC(=O)CCC)cc2)c1. The first-order chi connectivity index (χ1) is 19.6. The van der Waals surface area contributed by atoms with Crippen LogP contribution in [-0.2, 0) is 4.79 Å². The largest absolute Gasteiger partial charge is 0.455 e. The minimum Gasteiger partial charge on any atom is -0.455 e. The molecule has 7 heteroatoms. The summed E-state index contributed by atoms with van der Waals surface area (Å²) >= 11 is 1.58. The number of anilines is 2. The van der Waals surface area contributed by atoms with Gasteiger partial charge in [0.05, 0.1) is 5.69 Å². The third-order valence-electron chi connectivity index (χ3n) is 5.95. The summed E-state index contributed by atoms with van der Waals surface area (Å²) in [5.41, 5.74) is 1.41. The van der Waals surface area contributed by atoms with Crippen molar-refractivity contribution < 1.29 is 19.1 Å². The summed E-state index contributed by atoms with van der Waals surface area (Å²) in [5, 5.41) is 3.05. The normalized spacial score (nSPS) is 10.6. The molecule has 4 aromatic rings. The van der Waals surface area contributed by atoms with Crippen LogP contribution in [0.3, 0.4) is 0 Å². The van der Waals surface area contributed by atoms with E-state index in [4.69, 9.17) is 9.47 Å². The second kappa shape index (κ2) is 14.8. The van der Waals surface area contributed by atoms with Gasteiger partial charge in [-0.1, -0.05) is 68.4 Å². The summed E-state index contributed by atoms with van der Waals surface area (Å²) in [6.45, 7) is 4.63. The molecule has 4 aromatic carbocycles. The number of unbranched alkanes of at least 4 members (excludes halogenated alkanes) is 1. The van der Waals surface area contributed by atoms with E-state index in [1.807, 2.05) is 97.9 Å². The second-order valence-electron chi connectivity index (χ2n) is 9.14. The molecule has 0 atom stereocenters. The van der Waals surface area contributed by atoms with Crippen molar-refractivity contribution in [2.24, 2.45) is 0 Å². The first kappa shape index (κ1) is 28.8. The van der Waals surface area contributed by atoms with Crippen LogP contribution in [0.5, 0.6) is 17.2 Å². The van der Waals surface area contributed by atoms with Crippen LogP contribution in [0.2, 0.25) is 0 Å². The van der Waals surface area contributed by atoms with Gasteiger partial charge in [0.25, 0.3) is 0 Å². The summed E-state index contributed by atoms with van der Waals surface area (Å²) in [6, 6.07) is 32.1. The average Bonchev–Trinajstić information content (AvgIpc) is 2.96. The third-order valence-corrected chi connectivity index (χ3v) is 6.95. The molecule has 0 aliphatic rings. The van der Waals surface area contributed by atoms with Crippen LogP contribution in [0.1, 0.15) is 39.5 Å². The summed E-state index contributed by atoms with van der Waals surface area (Å²) in [5.74, 6) is 1.58. The Labute approximate surface area is 240 Å². The number of ether oxygens (including phenoxy) is 2. The number of carbonyl (C=O) groups excluding carboxylic acids is 2. The molecule has 0 fully saturated rings. The number of urea groups is 1. The monoisotopic (exact) mass is 554 g/mol. The van der Waals surface area contributed by atoms with E-state index in [0.717, 1.165) is 34.7 Å². The van der Waals surface area contributed by atoms with Crippen molar-refractivity contribution in [1.82, 2.24) is 0 Å². The lowest BCUT2D eigenvalue weighted by molar-refractivity contribution is -0.134. The number of nitrogens with zero attached hydrogens (tertiary/aromatic N) is 1. The number of amides is 2. The molecule has 0 aliphatic heterocycles. The molecule has 0 saturated carbocycles. The molecule has 0 aliphatic carbocycles. The van der Waals surface area contributed by atoms with Gasteiger partial charge in [-0.3, -0.25) is 9.69 Å². The van der Waals surface area contributed by atoms with Gasteiger partial charge in [0, 0.05) is 28.4 Å². The van der Waals surface area contributed by atoms with Crippen molar-refractivity contribution >= 4 is 35.1 Å². The molecular weight excluding hydrogens is 520 g/mol. The number of hydrogen-bond donors (Lipinski definition) is 1. The number of hydrogen-bond acceptors (Lipinski definition) is 5. The van der Waals surface area contributed by atoms with E-state index < -0.39 is 0 Å². The van der Waals surface area contributed by atoms with Crippen molar-refractivity contribution in [1.29, 1.82) is 0 Å².